The minimum Gasteiger partial charge on any atom is -0.350 e. The molecular weight excluding hydrogens is 339 g/mol. The lowest BCUT2D eigenvalue weighted by atomic mass is 9.91. The average molecular weight is 362 g/mol. The van der Waals surface area contributed by atoms with Gasteiger partial charge in [0, 0.05) is 32.1 Å². The molecule has 4 aliphatic rings. The molecule has 2 atom stereocenters. The molecule has 1 saturated heterocycles. The Labute approximate surface area is 159 Å². The summed E-state index contributed by atoms with van der Waals surface area (Å²) in [7, 11) is 0. The van der Waals surface area contributed by atoms with Gasteiger partial charge in [-0.3, -0.25) is 9.89 Å². The molecule has 2 aliphatic carbocycles. The molecule has 2 heterocycles. The Bertz CT molecular complexity index is 890. The zero-order chi connectivity index (χ0) is 18.4. The molecule has 138 valence electrons. The van der Waals surface area contributed by atoms with Gasteiger partial charge in [0.15, 0.2) is 0 Å². The van der Waals surface area contributed by atoms with Crippen molar-refractivity contribution in [1.82, 2.24) is 9.80 Å². The third kappa shape index (κ3) is 2.89. The second-order valence-corrected chi connectivity index (χ2v) is 7.88. The van der Waals surface area contributed by atoms with Crippen LogP contribution in [0, 0.1) is 17.1 Å². The number of benzene rings is 1. The molecule has 1 aromatic carbocycles. The lowest BCUT2D eigenvalue weighted by Gasteiger charge is -2.37. The normalized spacial score (nSPS) is 27.8. The summed E-state index contributed by atoms with van der Waals surface area (Å²) in [5.74, 6) is 0.758. The lowest BCUT2D eigenvalue weighted by Crippen LogP contribution is -2.44. The topological polar surface area (TPSA) is 42.6 Å². The summed E-state index contributed by atoms with van der Waals surface area (Å²) in [5, 5.41) is 8.91. The number of halogens is 1. The summed E-state index contributed by atoms with van der Waals surface area (Å²) in [6, 6.07) is 7.88. The van der Waals surface area contributed by atoms with E-state index in [2.05, 4.69) is 28.0 Å². The monoisotopic (exact) mass is 362 g/mol. The van der Waals surface area contributed by atoms with E-state index in [0.29, 0.717) is 0 Å². The van der Waals surface area contributed by atoms with Gasteiger partial charge in [-0.1, -0.05) is 24.6 Å². The van der Waals surface area contributed by atoms with Crippen molar-refractivity contribution in [3.8, 4) is 6.07 Å². The summed E-state index contributed by atoms with van der Waals surface area (Å²) in [5.41, 5.74) is 1.87. The smallest absolute Gasteiger partial charge is 0.141 e. The van der Waals surface area contributed by atoms with Crippen LogP contribution >= 0.6 is 0 Å². The Morgan fingerprint density at radius 1 is 1.19 bits per heavy atom. The molecular formula is C22H23FN4. The van der Waals surface area contributed by atoms with Crippen LogP contribution in [0.4, 0.5) is 4.39 Å². The average Bonchev–Trinajstić information content (AvgIpc) is 2.86. The van der Waals surface area contributed by atoms with Gasteiger partial charge < -0.3 is 4.90 Å². The molecule has 1 aromatic rings. The summed E-state index contributed by atoms with van der Waals surface area (Å²) in [6.07, 6.45) is 11.5. The molecule has 4 nitrogen and oxygen atoms in total. The van der Waals surface area contributed by atoms with Crippen LogP contribution in [0.3, 0.4) is 0 Å². The van der Waals surface area contributed by atoms with Crippen molar-refractivity contribution in [3.05, 3.63) is 53.4 Å². The first-order chi connectivity index (χ1) is 13.2. The molecule has 2 fully saturated rings. The fourth-order valence-corrected chi connectivity index (χ4v) is 4.65. The molecule has 27 heavy (non-hydrogen) atoms. The number of nitriles is 1. The molecule has 0 bridgehead atoms. The van der Waals surface area contributed by atoms with Crippen LogP contribution in [0.1, 0.15) is 36.8 Å². The fraction of sp³-hybridized carbons (Fsp3) is 0.455. The van der Waals surface area contributed by atoms with Gasteiger partial charge in [-0.05, 0) is 42.2 Å². The number of allylic oxidation sites excluding steroid dienone is 2. The highest BCUT2D eigenvalue weighted by molar-refractivity contribution is 5.87. The van der Waals surface area contributed by atoms with Gasteiger partial charge in [-0.15, -0.1) is 0 Å². The summed E-state index contributed by atoms with van der Waals surface area (Å²) >= 11 is 0. The van der Waals surface area contributed by atoms with E-state index in [-0.39, 0.29) is 17.6 Å². The number of aliphatic imine (C=N–C) groups is 1. The van der Waals surface area contributed by atoms with E-state index in [4.69, 9.17) is 10.3 Å². The fourth-order valence-electron chi connectivity index (χ4n) is 4.65. The molecule has 0 amide bonds. The molecule has 0 radical (unpaired) electrons. The van der Waals surface area contributed by atoms with E-state index >= 15 is 0 Å². The SMILES string of the molecule is N#Cc1ccc(C2=CC3N=C4CCN(C5CCC5)CCN4C3C=C2)cc1F. The van der Waals surface area contributed by atoms with Crippen molar-refractivity contribution in [2.45, 2.75) is 43.8 Å². The zero-order valence-electron chi connectivity index (χ0n) is 15.3. The number of rotatable bonds is 2. The molecule has 5 rings (SSSR count). The minimum atomic E-state index is -0.464. The molecule has 0 aromatic heterocycles. The van der Waals surface area contributed by atoms with Crippen LogP contribution in [-0.2, 0) is 0 Å². The van der Waals surface area contributed by atoms with Crippen molar-refractivity contribution >= 4 is 11.4 Å². The predicted octanol–water partition coefficient (Wildman–Crippen LogP) is 3.36. The highest BCUT2D eigenvalue weighted by Crippen LogP contribution is 2.33. The second-order valence-electron chi connectivity index (χ2n) is 7.88. The number of nitrogens with zero attached hydrogens (tertiary/aromatic N) is 4. The van der Waals surface area contributed by atoms with Crippen LogP contribution in [0.25, 0.3) is 5.57 Å². The number of fused-ring (bicyclic) bond motifs is 3. The van der Waals surface area contributed by atoms with Gasteiger partial charge in [0.2, 0.25) is 0 Å². The molecule has 2 unspecified atom stereocenters. The van der Waals surface area contributed by atoms with Gasteiger partial charge in [0.25, 0.3) is 0 Å². The van der Waals surface area contributed by atoms with Gasteiger partial charge in [0.05, 0.1) is 17.6 Å². The van der Waals surface area contributed by atoms with Crippen LogP contribution < -0.4 is 0 Å². The number of amidine groups is 1. The Kier molecular flexibility index (Phi) is 4.09. The molecule has 1 saturated carbocycles. The van der Waals surface area contributed by atoms with Crippen molar-refractivity contribution in [1.29, 1.82) is 5.26 Å². The van der Waals surface area contributed by atoms with E-state index in [1.807, 2.05) is 12.1 Å². The van der Waals surface area contributed by atoms with E-state index in [1.54, 1.807) is 6.07 Å². The van der Waals surface area contributed by atoms with Gasteiger partial charge in [0.1, 0.15) is 17.7 Å². The van der Waals surface area contributed by atoms with Crippen molar-refractivity contribution in [2.75, 3.05) is 19.6 Å². The van der Waals surface area contributed by atoms with Gasteiger partial charge in [-0.2, -0.15) is 5.26 Å². The van der Waals surface area contributed by atoms with Gasteiger partial charge >= 0.3 is 0 Å². The first-order valence-electron chi connectivity index (χ1n) is 9.90. The van der Waals surface area contributed by atoms with Crippen molar-refractivity contribution in [2.24, 2.45) is 4.99 Å². The quantitative estimate of drug-likeness (QED) is 0.810. The summed E-state index contributed by atoms with van der Waals surface area (Å²) < 4.78 is 14.0. The first-order valence-corrected chi connectivity index (χ1v) is 9.90. The molecule has 5 heteroatoms. The standard InChI is InChI=1S/C22H23FN4/c23-19-12-15(4-5-17(19)14-24)16-6-7-21-20(13-16)25-22-8-9-26(10-11-27(21)22)18-2-1-3-18/h4-7,12-13,18,20-21H,1-3,8-11H2. The lowest BCUT2D eigenvalue weighted by molar-refractivity contribution is 0.129. The van der Waals surface area contributed by atoms with E-state index in [0.717, 1.165) is 43.2 Å². The molecule has 0 spiro atoms. The zero-order valence-corrected chi connectivity index (χ0v) is 15.3. The largest absolute Gasteiger partial charge is 0.350 e. The molecule has 2 aliphatic heterocycles. The predicted molar refractivity (Wildman–Crippen MR) is 104 cm³/mol. The Morgan fingerprint density at radius 3 is 2.81 bits per heavy atom. The Balaban J connectivity index is 1.36. The van der Waals surface area contributed by atoms with E-state index < -0.39 is 5.82 Å². The van der Waals surface area contributed by atoms with Crippen molar-refractivity contribution in [3.63, 3.8) is 0 Å². The van der Waals surface area contributed by atoms with E-state index in [1.165, 1.54) is 31.2 Å². The maximum Gasteiger partial charge on any atom is 0.141 e. The highest BCUT2D eigenvalue weighted by Gasteiger charge is 2.37. The Morgan fingerprint density at radius 2 is 2.07 bits per heavy atom. The minimum absolute atomic E-state index is 0.0857. The Hall–Kier alpha value is -2.45. The van der Waals surface area contributed by atoms with Crippen LogP contribution in [0.2, 0.25) is 0 Å². The molecule has 0 N–H and O–H groups in total. The van der Waals surface area contributed by atoms with Crippen molar-refractivity contribution < 1.29 is 4.39 Å². The maximum absolute atomic E-state index is 14.0. The number of hydrogen-bond donors (Lipinski definition) is 0. The van der Waals surface area contributed by atoms with Crippen LogP contribution in [-0.4, -0.2) is 53.4 Å². The maximum atomic E-state index is 14.0. The summed E-state index contributed by atoms with van der Waals surface area (Å²) in [6.45, 7) is 3.27. The van der Waals surface area contributed by atoms with E-state index in [9.17, 15) is 4.39 Å². The first kappa shape index (κ1) is 16.7. The third-order valence-corrected chi connectivity index (χ3v) is 6.43. The highest BCUT2D eigenvalue weighted by atomic mass is 19.1. The van der Waals surface area contributed by atoms with Crippen LogP contribution in [0.15, 0.2) is 41.4 Å². The van der Waals surface area contributed by atoms with Gasteiger partial charge in [-0.25, -0.2) is 4.39 Å². The summed E-state index contributed by atoms with van der Waals surface area (Å²) in [4.78, 5) is 10.1. The third-order valence-electron chi connectivity index (χ3n) is 6.43. The second kappa shape index (κ2) is 6.61. The van der Waals surface area contributed by atoms with Crippen LogP contribution in [0.5, 0.6) is 0 Å². The number of hydrogen-bond acceptors (Lipinski definition) is 4.